The summed E-state index contributed by atoms with van der Waals surface area (Å²) in [5.74, 6) is 0.382. The summed E-state index contributed by atoms with van der Waals surface area (Å²) >= 11 is 0. The fourth-order valence-corrected chi connectivity index (χ4v) is 5.19. The van der Waals surface area contributed by atoms with Crippen molar-refractivity contribution >= 4 is 11.7 Å². The van der Waals surface area contributed by atoms with Gasteiger partial charge in [0.2, 0.25) is 5.91 Å². The first-order valence-electron chi connectivity index (χ1n) is 10.5. The van der Waals surface area contributed by atoms with Crippen LogP contribution in [-0.2, 0) is 14.3 Å². The van der Waals surface area contributed by atoms with Gasteiger partial charge in [0, 0.05) is 11.0 Å². The molecule has 0 atom stereocenters. The van der Waals surface area contributed by atoms with Crippen LogP contribution in [0, 0.1) is 5.41 Å². The maximum atomic E-state index is 12.5. The van der Waals surface area contributed by atoms with Crippen LogP contribution < -0.4 is 5.32 Å². The van der Waals surface area contributed by atoms with Crippen molar-refractivity contribution in [2.24, 2.45) is 5.41 Å². The lowest BCUT2D eigenvalue weighted by molar-refractivity contribution is -0.137. The standard InChI is InChI=1S/C21H35NO3/c1-17(23)20-10-13-21(14-11-20,15-12-20)22-19(24)16-25-18-8-6-4-2-3-5-7-9-18/h18H,2-16H2,1H3,(H,22,24). The molecule has 4 rings (SSSR count). The minimum Gasteiger partial charge on any atom is -0.368 e. The first kappa shape index (κ1) is 18.9. The summed E-state index contributed by atoms with van der Waals surface area (Å²) < 4.78 is 5.97. The summed E-state index contributed by atoms with van der Waals surface area (Å²) in [7, 11) is 0. The Hall–Kier alpha value is -0.900. The van der Waals surface area contributed by atoms with Crippen LogP contribution >= 0.6 is 0 Å². The van der Waals surface area contributed by atoms with Crippen LogP contribution in [0.25, 0.3) is 0 Å². The lowest BCUT2D eigenvalue weighted by Crippen LogP contribution is -2.58. The molecule has 0 aromatic carbocycles. The van der Waals surface area contributed by atoms with Crippen molar-refractivity contribution in [3.63, 3.8) is 0 Å². The Bertz CT molecular complexity index is 453. The molecular weight excluding hydrogens is 314 g/mol. The van der Waals surface area contributed by atoms with E-state index in [4.69, 9.17) is 4.74 Å². The Morgan fingerprint density at radius 3 is 1.92 bits per heavy atom. The van der Waals surface area contributed by atoms with Crippen molar-refractivity contribution in [2.75, 3.05) is 6.61 Å². The van der Waals surface area contributed by atoms with Gasteiger partial charge in [0.05, 0.1) is 6.10 Å². The third-order valence-electron chi connectivity index (χ3n) is 7.15. The minimum absolute atomic E-state index is 0.0390. The van der Waals surface area contributed by atoms with Crippen LogP contribution in [0.1, 0.15) is 96.8 Å². The average Bonchev–Trinajstić information content (AvgIpc) is 2.75. The summed E-state index contributed by atoms with van der Waals surface area (Å²) in [5, 5.41) is 3.28. The van der Waals surface area contributed by atoms with E-state index in [1.165, 1.54) is 38.5 Å². The molecule has 0 aromatic rings. The molecule has 0 aliphatic heterocycles. The number of Topliss-reactive ketones (excluding diaryl/α,β-unsaturated/α-hetero) is 1. The monoisotopic (exact) mass is 349 g/mol. The molecule has 4 aliphatic carbocycles. The van der Waals surface area contributed by atoms with E-state index in [-0.39, 0.29) is 29.6 Å². The van der Waals surface area contributed by atoms with Gasteiger partial charge in [-0.05, 0) is 58.3 Å². The van der Waals surface area contributed by atoms with Crippen molar-refractivity contribution < 1.29 is 14.3 Å². The maximum Gasteiger partial charge on any atom is 0.246 e. The molecule has 0 saturated heterocycles. The van der Waals surface area contributed by atoms with Gasteiger partial charge in [-0.3, -0.25) is 9.59 Å². The second-order valence-corrected chi connectivity index (χ2v) is 8.80. The van der Waals surface area contributed by atoms with Gasteiger partial charge >= 0.3 is 0 Å². The van der Waals surface area contributed by atoms with E-state index in [9.17, 15) is 9.59 Å². The van der Waals surface area contributed by atoms with Gasteiger partial charge in [0.1, 0.15) is 12.4 Å². The number of ether oxygens (including phenoxy) is 1. The Morgan fingerprint density at radius 1 is 0.880 bits per heavy atom. The molecule has 2 bridgehead atoms. The second-order valence-electron chi connectivity index (χ2n) is 8.80. The molecule has 0 spiro atoms. The van der Waals surface area contributed by atoms with Gasteiger partial charge in [-0.15, -0.1) is 0 Å². The van der Waals surface area contributed by atoms with E-state index in [1.807, 2.05) is 0 Å². The molecule has 4 aliphatic rings. The van der Waals surface area contributed by atoms with Crippen molar-refractivity contribution in [1.29, 1.82) is 0 Å². The van der Waals surface area contributed by atoms with Crippen molar-refractivity contribution in [3.8, 4) is 0 Å². The largest absolute Gasteiger partial charge is 0.368 e. The van der Waals surface area contributed by atoms with Gasteiger partial charge in [-0.25, -0.2) is 0 Å². The Morgan fingerprint density at radius 2 is 1.40 bits per heavy atom. The van der Waals surface area contributed by atoms with Crippen LogP contribution in [0.2, 0.25) is 0 Å². The summed E-state index contributed by atoms with van der Waals surface area (Å²) in [4.78, 5) is 24.4. The summed E-state index contributed by atoms with van der Waals surface area (Å²) in [5.41, 5.74) is -0.156. The van der Waals surface area contributed by atoms with Crippen molar-refractivity contribution in [1.82, 2.24) is 5.32 Å². The second kappa shape index (κ2) is 8.20. The number of fused-ring (bicyclic) bond motifs is 3. The van der Waals surface area contributed by atoms with Gasteiger partial charge < -0.3 is 10.1 Å². The number of ketones is 1. The highest BCUT2D eigenvalue weighted by molar-refractivity contribution is 5.83. The highest BCUT2D eigenvalue weighted by Crippen LogP contribution is 2.52. The predicted molar refractivity (Wildman–Crippen MR) is 98.4 cm³/mol. The Labute approximate surface area is 152 Å². The van der Waals surface area contributed by atoms with Gasteiger partial charge in [0.15, 0.2) is 0 Å². The number of amides is 1. The zero-order valence-electron chi connectivity index (χ0n) is 15.9. The maximum absolute atomic E-state index is 12.5. The average molecular weight is 350 g/mol. The van der Waals surface area contributed by atoms with Crippen LogP contribution in [0.4, 0.5) is 0 Å². The predicted octanol–water partition coefficient (Wildman–Crippen LogP) is 4.30. The van der Waals surface area contributed by atoms with E-state index < -0.39 is 0 Å². The van der Waals surface area contributed by atoms with Crippen molar-refractivity contribution in [3.05, 3.63) is 0 Å². The van der Waals surface area contributed by atoms with Gasteiger partial charge in [-0.2, -0.15) is 0 Å². The quantitative estimate of drug-likeness (QED) is 0.805. The number of carbonyl (C=O) groups is 2. The van der Waals surface area contributed by atoms with E-state index in [1.54, 1.807) is 6.92 Å². The first-order chi connectivity index (χ1) is 12.0. The fourth-order valence-electron chi connectivity index (χ4n) is 5.19. The third-order valence-corrected chi connectivity index (χ3v) is 7.15. The molecule has 4 saturated carbocycles. The van der Waals surface area contributed by atoms with Crippen LogP contribution in [0.15, 0.2) is 0 Å². The summed E-state index contributed by atoms with van der Waals surface area (Å²) in [6.07, 6.45) is 15.8. The van der Waals surface area contributed by atoms with Crippen LogP contribution in [0.3, 0.4) is 0 Å². The van der Waals surface area contributed by atoms with E-state index in [0.29, 0.717) is 5.78 Å². The highest BCUT2D eigenvalue weighted by atomic mass is 16.5. The van der Waals surface area contributed by atoms with Gasteiger partial charge in [0.25, 0.3) is 0 Å². The lowest BCUT2D eigenvalue weighted by atomic mass is 9.56. The molecule has 4 heteroatoms. The molecule has 25 heavy (non-hydrogen) atoms. The topological polar surface area (TPSA) is 55.4 Å². The Kier molecular flexibility index (Phi) is 6.19. The summed E-state index contributed by atoms with van der Waals surface area (Å²) in [6, 6.07) is 0. The zero-order chi connectivity index (χ0) is 17.8. The van der Waals surface area contributed by atoms with E-state index in [2.05, 4.69) is 5.32 Å². The molecule has 0 heterocycles. The molecule has 1 amide bonds. The van der Waals surface area contributed by atoms with Crippen LogP contribution in [-0.4, -0.2) is 29.9 Å². The normalized spacial score (nSPS) is 34.0. The molecule has 0 unspecified atom stereocenters. The number of hydrogen-bond acceptors (Lipinski definition) is 3. The molecule has 0 radical (unpaired) electrons. The Balaban J connectivity index is 1.44. The molecule has 1 N–H and O–H groups in total. The first-order valence-corrected chi connectivity index (χ1v) is 10.5. The third kappa shape index (κ3) is 4.64. The van der Waals surface area contributed by atoms with Crippen LogP contribution in [0.5, 0.6) is 0 Å². The smallest absolute Gasteiger partial charge is 0.246 e. The number of hydrogen-bond donors (Lipinski definition) is 1. The fraction of sp³-hybridized carbons (Fsp3) is 0.905. The lowest BCUT2D eigenvalue weighted by Gasteiger charge is -2.52. The number of nitrogens with one attached hydrogen (secondary N) is 1. The number of rotatable bonds is 5. The SMILES string of the molecule is CC(=O)C12CCC(NC(=O)COC3CCCCCCCC3)(CC1)CC2. The van der Waals surface area contributed by atoms with Gasteiger partial charge in [-0.1, -0.05) is 38.5 Å². The number of carbonyl (C=O) groups excluding carboxylic acids is 2. The molecule has 0 aromatic heterocycles. The molecular formula is C21H35NO3. The van der Waals surface area contributed by atoms with E-state index in [0.717, 1.165) is 51.4 Å². The zero-order valence-corrected chi connectivity index (χ0v) is 15.9. The van der Waals surface area contributed by atoms with Crippen molar-refractivity contribution in [2.45, 2.75) is 108 Å². The highest BCUT2D eigenvalue weighted by Gasteiger charge is 2.51. The molecule has 4 fully saturated rings. The summed E-state index contributed by atoms with van der Waals surface area (Å²) in [6.45, 7) is 1.94. The minimum atomic E-state index is -0.0830. The molecule has 4 nitrogen and oxygen atoms in total. The van der Waals surface area contributed by atoms with E-state index >= 15 is 0 Å². The molecule has 142 valence electrons.